The van der Waals surface area contributed by atoms with E-state index >= 15 is 0 Å². The minimum Gasteiger partial charge on any atom is -0.463 e. The highest BCUT2D eigenvalue weighted by Crippen LogP contribution is 2.14. The maximum Gasteiger partial charge on any atom is 0.308 e. The molecule has 1 amide bonds. The largest absolute Gasteiger partial charge is 0.463 e. The van der Waals surface area contributed by atoms with E-state index in [1.165, 1.54) is 0 Å². The monoisotopic (exact) mass is 185 g/mol. The Balaban J connectivity index is 2.42. The fourth-order valence-corrected chi connectivity index (χ4v) is 1.01. The van der Waals surface area contributed by atoms with Gasteiger partial charge in [-0.15, -0.1) is 0 Å². The Kier molecular flexibility index (Phi) is 2.59. The molecule has 0 radical (unpaired) electrons. The van der Waals surface area contributed by atoms with Gasteiger partial charge in [0.25, 0.3) is 0 Å². The Morgan fingerprint density at radius 3 is 2.54 bits per heavy atom. The second kappa shape index (κ2) is 3.36. The van der Waals surface area contributed by atoms with Crippen LogP contribution in [0.2, 0.25) is 0 Å². The van der Waals surface area contributed by atoms with Gasteiger partial charge in [0, 0.05) is 5.41 Å². The Hall–Kier alpha value is -1.06. The summed E-state index contributed by atoms with van der Waals surface area (Å²) in [5, 5.41) is 2.76. The predicted molar refractivity (Wildman–Crippen MR) is 47.0 cm³/mol. The highest BCUT2D eigenvalue weighted by atomic mass is 16.5. The van der Waals surface area contributed by atoms with Crippen molar-refractivity contribution >= 4 is 11.9 Å². The van der Waals surface area contributed by atoms with Crippen LogP contribution in [0.5, 0.6) is 0 Å². The van der Waals surface area contributed by atoms with E-state index in [9.17, 15) is 9.59 Å². The third kappa shape index (κ3) is 2.72. The van der Waals surface area contributed by atoms with E-state index in [1.807, 2.05) is 20.8 Å². The SMILES string of the molecule is CC(C)(C)C(=O)N[C@@H]1COC(=O)C1. The van der Waals surface area contributed by atoms with Crippen LogP contribution >= 0.6 is 0 Å². The molecule has 0 aliphatic carbocycles. The fourth-order valence-electron chi connectivity index (χ4n) is 1.01. The number of esters is 1. The van der Waals surface area contributed by atoms with Crippen molar-refractivity contribution in [1.82, 2.24) is 5.32 Å². The molecule has 4 nitrogen and oxygen atoms in total. The first-order valence-electron chi connectivity index (χ1n) is 4.36. The van der Waals surface area contributed by atoms with Gasteiger partial charge < -0.3 is 10.1 Å². The molecule has 1 atom stereocenters. The van der Waals surface area contributed by atoms with Crippen molar-refractivity contribution in [3.05, 3.63) is 0 Å². The molecule has 1 heterocycles. The van der Waals surface area contributed by atoms with Crippen LogP contribution in [0.15, 0.2) is 0 Å². The van der Waals surface area contributed by atoms with Gasteiger partial charge in [-0.3, -0.25) is 9.59 Å². The summed E-state index contributed by atoms with van der Waals surface area (Å²) < 4.78 is 4.73. The van der Waals surface area contributed by atoms with Gasteiger partial charge in [-0.05, 0) is 0 Å². The topological polar surface area (TPSA) is 55.4 Å². The van der Waals surface area contributed by atoms with Crippen LogP contribution in [-0.2, 0) is 14.3 Å². The molecule has 0 saturated carbocycles. The van der Waals surface area contributed by atoms with Gasteiger partial charge in [-0.2, -0.15) is 0 Å². The van der Waals surface area contributed by atoms with Crippen molar-refractivity contribution in [2.24, 2.45) is 5.41 Å². The van der Waals surface area contributed by atoms with E-state index in [1.54, 1.807) is 0 Å². The summed E-state index contributed by atoms with van der Waals surface area (Å²) in [4.78, 5) is 22.2. The smallest absolute Gasteiger partial charge is 0.308 e. The maximum absolute atomic E-state index is 11.4. The van der Waals surface area contributed by atoms with Gasteiger partial charge in [0.2, 0.25) is 5.91 Å². The summed E-state index contributed by atoms with van der Waals surface area (Å²) in [6, 6.07) is -0.140. The van der Waals surface area contributed by atoms with Crippen LogP contribution in [0.3, 0.4) is 0 Å². The number of rotatable bonds is 1. The summed E-state index contributed by atoms with van der Waals surface area (Å²) in [6.07, 6.45) is 0.293. The molecular weight excluding hydrogens is 170 g/mol. The van der Waals surface area contributed by atoms with E-state index in [2.05, 4.69) is 5.32 Å². The molecule has 0 aromatic heterocycles. The van der Waals surface area contributed by atoms with Crippen LogP contribution < -0.4 is 5.32 Å². The zero-order valence-corrected chi connectivity index (χ0v) is 8.22. The Morgan fingerprint density at radius 2 is 2.15 bits per heavy atom. The summed E-state index contributed by atoms with van der Waals surface area (Å²) in [5.41, 5.74) is -0.411. The minimum atomic E-state index is -0.411. The summed E-state index contributed by atoms with van der Waals surface area (Å²) in [7, 11) is 0. The summed E-state index contributed by atoms with van der Waals surface area (Å²) in [5.74, 6) is -0.282. The van der Waals surface area contributed by atoms with Gasteiger partial charge >= 0.3 is 5.97 Å². The van der Waals surface area contributed by atoms with Crippen LogP contribution in [0, 0.1) is 5.41 Å². The lowest BCUT2D eigenvalue weighted by molar-refractivity contribution is -0.138. The Morgan fingerprint density at radius 1 is 1.54 bits per heavy atom. The molecule has 74 valence electrons. The summed E-state index contributed by atoms with van der Waals surface area (Å²) in [6.45, 7) is 5.81. The average Bonchev–Trinajstić information content (AvgIpc) is 2.33. The van der Waals surface area contributed by atoms with Crippen molar-refractivity contribution in [2.75, 3.05) is 6.61 Å². The molecule has 13 heavy (non-hydrogen) atoms. The average molecular weight is 185 g/mol. The Labute approximate surface area is 77.6 Å². The van der Waals surface area contributed by atoms with Crippen LogP contribution in [0.25, 0.3) is 0 Å². The number of ether oxygens (including phenoxy) is 1. The lowest BCUT2D eigenvalue weighted by Gasteiger charge is -2.19. The van der Waals surface area contributed by atoms with Crippen LogP contribution in [0.4, 0.5) is 0 Å². The number of hydrogen-bond donors (Lipinski definition) is 1. The van der Waals surface area contributed by atoms with Crippen molar-refractivity contribution in [2.45, 2.75) is 33.2 Å². The number of nitrogens with one attached hydrogen (secondary N) is 1. The number of carbonyl (C=O) groups is 2. The molecule has 1 rings (SSSR count). The number of cyclic esters (lactones) is 1. The predicted octanol–water partition coefficient (Wildman–Crippen LogP) is 0.464. The first-order valence-corrected chi connectivity index (χ1v) is 4.36. The first kappa shape index (κ1) is 10.0. The normalized spacial score (nSPS) is 22.7. The maximum atomic E-state index is 11.4. The van der Waals surface area contributed by atoms with Crippen molar-refractivity contribution in [1.29, 1.82) is 0 Å². The Bertz CT molecular complexity index is 230. The van der Waals surface area contributed by atoms with Crippen molar-refractivity contribution in [3.63, 3.8) is 0 Å². The van der Waals surface area contributed by atoms with E-state index in [0.717, 1.165) is 0 Å². The molecule has 0 bridgehead atoms. The lowest BCUT2D eigenvalue weighted by Crippen LogP contribution is -2.41. The standard InChI is InChI=1S/C9H15NO3/c1-9(2,3)8(12)10-6-4-7(11)13-5-6/h6H,4-5H2,1-3H3,(H,10,12)/t6-/m0/s1. The molecule has 1 aliphatic rings. The minimum absolute atomic E-state index is 0.0456. The number of carbonyl (C=O) groups excluding carboxylic acids is 2. The molecular formula is C9H15NO3. The van der Waals surface area contributed by atoms with Crippen LogP contribution in [-0.4, -0.2) is 24.5 Å². The van der Waals surface area contributed by atoms with Gasteiger partial charge in [0.05, 0.1) is 12.5 Å². The van der Waals surface area contributed by atoms with E-state index < -0.39 is 5.41 Å². The molecule has 0 spiro atoms. The number of hydrogen-bond acceptors (Lipinski definition) is 3. The lowest BCUT2D eigenvalue weighted by atomic mass is 9.95. The third-order valence-electron chi connectivity index (χ3n) is 1.87. The number of amides is 1. The van der Waals surface area contributed by atoms with E-state index in [-0.39, 0.29) is 17.9 Å². The second-order valence-electron chi connectivity index (χ2n) is 4.31. The molecule has 0 aromatic carbocycles. The quantitative estimate of drug-likeness (QED) is 0.604. The highest BCUT2D eigenvalue weighted by molar-refractivity contribution is 5.82. The summed E-state index contributed by atoms with van der Waals surface area (Å²) >= 11 is 0. The van der Waals surface area contributed by atoms with E-state index in [4.69, 9.17) is 4.74 Å². The first-order chi connectivity index (χ1) is 5.89. The van der Waals surface area contributed by atoms with Crippen molar-refractivity contribution in [3.8, 4) is 0 Å². The van der Waals surface area contributed by atoms with Gasteiger partial charge in [0.1, 0.15) is 6.61 Å². The fraction of sp³-hybridized carbons (Fsp3) is 0.778. The van der Waals surface area contributed by atoms with Gasteiger partial charge in [0.15, 0.2) is 0 Å². The third-order valence-corrected chi connectivity index (χ3v) is 1.87. The van der Waals surface area contributed by atoms with E-state index in [0.29, 0.717) is 13.0 Å². The van der Waals surface area contributed by atoms with Gasteiger partial charge in [-0.25, -0.2) is 0 Å². The molecule has 1 saturated heterocycles. The molecule has 4 heteroatoms. The molecule has 1 N–H and O–H groups in total. The molecule has 0 aromatic rings. The molecule has 1 aliphatic heterocycles. The van der Waals surface area contributed by atoms with Crippen molar-refractivity contribution < 1.29 is 14.3 Å². The molecule has 1 fully saturated rings. The zero-order valence-electron chi connectivity index (χ0n) is 8.22. The zero-order chi connectivity index (χ0) is 10.1. The highest BCUT2D eigenvalue weighted by Gasteiger charge is 2.29. The van der Waals surface area contributed by atoms with Gasteiger partial charge in [-0.1, -0.05) is 20.8 Å². The van der Waals surface area contributed by atoms with Crippen LogP contribution in [0.1, 0.15) is 27.2 Å². The molecule has 0 unspecified atom stereocenters. The second-order valence-corrected chi connectivity index (χ2v) is 4.31.